The molecule has 1 heterocycles. The van der Waals surface area contributed by atoms with Crippen molar-refractivity contribution in [1.82, 2.24) is 0 Å². The first-order valence-electron chi connectivity index (χ1n) is 6.41. The fourth-order valence-electron chi connectivity index (χ4n) is 2.45. The van der Waals surface area contributed by atoms with Gasteiger partial charge in [0.25, 0.3) is 0 Å². The van der Waals surface area contributed by atoms with Gasteiger partial charge >= 0.3 is 0 Å². The number of aliphatic hydroxyl groups is 3. The standard InChI is InChI=1S/C13H20N2O3/c16-8-11(9-4-2-1-3-5-9)14-6-10-13(18)12(17)7-15-10/h1-5,10-18H,6-8H2/p+2/t10-,11-,12+,13-/m1/s1. The fraction of sp³-hybridized carbons (Fsp3) is 0.538. The average molecular weight is 254 g/mol. The van der Waals surface area contributed by atoms with Gasteiger partial charge < -0.3 is 26.0 Å². The number of nitrogens with two attached hydrogens (primary N) is 2. The molecule has 0 aliphatic carbocycles. The summed E-state index contributed by atoms with van der Waals surface area (Å²) in [4.78, 5) is 0. The second-order valence-electron chi connectivity index (χ2n) is 4.86. The topological polar surface area (TPSA) is 93.9 Å². The lowest BCUT2D eigenvalue weighted by atomic mass is 10.1. The molecule has 1 aliphatic rings. The van der Waals surface area contributed by atoms with Gasteiger partial charge in [-0.1, -0.05) is 30.3 Å². The lowest BCUT2D eigenvalue weighted by Gasteiger charge is -2.17. The highest BCUT2D eigenvalue weighted by Crippen LogP contribution is 2.07. The van der Waals surface area contributed by atoms with Gasteiger partial charge in [0, 0.05) is 5.56 Å². The lowest BCUT2D eigenvalue weighted by molar-refractivity contribution is -0.760. The summed E-state index contributed by atoms with van der Waals surface area (Å²) in [5.41, 5.74) is 1.08. The second-order valence-corrected chi connectivity index (χ2v) is 4.86. The summed E-state index contributed by atoms with van der Waals surface area (Å²) in [5.74, 6) is 0. The van der Waals surface area contributed by atoms with Crippen LogP contribution in [0.15, 0.2) is 30.3 Å². The quantitative estimate of drug-likeness (QED) is 0.386. The van der Waals surface area contributed by atoms with E-state index < -0.39 is 12.2 Å². The van der Waals surface area contributed by atoms with Crippen LogP contribution in [0.25, 0.3) is 0 Å². The molecule has 0 aromatic heterocycles. The first-order valence-corrected chi connectivity index (χ1v) is 6.41. The van der Waals surface area contributed by atoms with Crippen molar-refractivity contribution in [3.8, 4) is 0 Å². The maximum absolute atomic E-state index is 9.75. The molecule has 7 N–H and O–H groups in total. The average Bonchev–Trinajstić information content (AvgIpc) is 2.72. The van der Waals surface area contributed by atoms with Crippen molar-refractivity contribution in [3.63, 3.8) is 0 Å². The Bertz CT molecular complexity index is 361. The van der Waals surface area contributed by atoms with Crippen molar-refractivity contribution in [2.24, 2.45) is 0 Å². The van der Waals surface area contributed by atoms with E-state index in [1.54, 1.807) is 0 Å². The first-order chi connectivity index (χ1) is 8.72. The summed E-state index contributed by atoms with van der Waals surface area (Å²) >= 11 is 0. The molecule has 100 valence electrons. The van der Waals surface area contributed by atoms with E-state index in [2.05, 4.69) is 0 Å². The van der Waals surface area contributed by atoms with Gasteiger partial charge in [-0.05, 0) is 0 Å². The largest absolute Gasteiger partial charge is 0.390 e. The number of benzene rings is 1. The Balaban J connectivity index is 1.88. The van der Waals surface area contributed by atoms with Crippen molar-refractivity contribution < 1.29 is 26.0 Å². The molecular weight excluding hydrogens is 232 g/mol. The van der Waals surface area contributed by atoms with Crippen molar-refractivity contribution in [1.29, 1.82) is 0 Å². The summed E-state index contributed by atoms with van der Waals surface area (Å²) in [6.07, 6.45) is -1.30. The highest BCUT2D eigenvalue weighted by molar-refractivity contribution is 5.16. The summed E-state index contributed by atoms with van der Waals surface area (Å²) < 4.78 is 0. The van der Waals surface area contributed by atoms with E-state index in [9.17, 15) is 15.3 Å². The number of hydrogen-bond acceptors (Lipinski definition) is 3. The molecule has 1 aromatic rings. The van der Waals surface area contributed by atoms with Gasteiger partial charge in [-0.25, -0.2) is 0 Å². The van der Waals surface area contributed by atoms with E-state index in [0.29, 0.717) is 13.1 Å². The van der Waals surface area contributed by atoms with Crippen molar-refractivity contribution in [2.75, 3.05) is 19.7 Å². The van der Waals surface area contributed by atoms with Crippen LogP contribution in [0.3, 0.4) is 0 Å². The molecule has 0 amide bonds. The zero-order valence-electron chi connectivity index (χ0n) is 10.3. The zero-order valence-corrected chi connectivity index (χ0v) is 10.3. The second kappa shape index (κ2) is 6.26. The smallest absolute Gasteiger partial charge is 0.164 e. The molecule has 0 unspecified atom stereocenters. The predicted molar refractivity (Wildman–Crippen MR) is 65.7 cm³/mol. The number of aliphatic hydroxyl groups excluding tert-OH is 3. The Hall–Kier alpha value is -0.980. The van der Waals surface area contributed by atoms with E-state index in [1.807, 2.05) is 41.0 Å². The van der Waals surface area contributed by atoms with E-state index in [0.717, 1.165) is 5.56 Å². The molecule has 1 fully saturated rings. The maximum atomic E-state index is 9.75. The van der Waals surface area contributed by atoms with Crippen molar-refractivity contribution in [3.05, 3.63) is 35.9 Å². The zero-order chi connectivity index (χ0) is 13.0. The summed E-state index contributed by atoms with van der Waals surface area (Å²) in [5, 5.41) is 32.6. The third-order valence-electron chi connectivity index (χ3n) is 3.63. The summed E-state index contributed by atoms with van der Waals surface area (Å²) in [7, 11) is 0. The minimum Gasteiger partial charge on any atom is -0.390 e. The Kier molecular flexibility index (Phi) is 4.68. The van der Waals surface area contributed by atoms with Crippen LogP contribution in [0.2, 0.25) is 0 Å². The Morgan fingerprint density at radius 1 is 1.28 bits per heavy atom. The number of hydrogen-bond donors (Lipinski definition) is 5. The molecular formula is C13H22N2O3+2. The molecule has 0 radical (unpaired) electrons. The van der Waals surface area contributed by atoms with Gasteiger partial charge in [-0.15, -0.1) is 0 Å². The Morgan fingerprint density at radius 3 is 2.56 bits per heavy atom. The van der Waals surface area contributed by atoms with E-state index in [-0.39, 0.29) is 18.7 Å². The molecule has 4 atom stereocenters. The van der Waals surface area contributed by atoms with Crippen LogP contribution in [0.5, 0.6) is 0 Å². The molecule has 0 bridgehead atoms. The summed E-state index contributed by atoms with van der Waals surface area (Å²) in [6, 6.07) is 9.81. The van der Waals surface area contributed by atoms with Crippen LogP contribution in [0.4, 0.5) is 0 Å². The van der Waals surface area contributed by atoms with Gasteiger partial charge in [0.1, 0.15) is 31.3 Å². The lowest BCUT2D eigenvalue weighted by Crippen LogP contribution is -2.99. The van der Waals surface area contributed by atoms with Crippen LogP contribution in [0, 0.1) is 0 Å². The monoisotopic (exact) mass is 254 g/mol. The highest BCUT2D eigenvalue weighted by atomic mass is 16.3. The van der Waals surface area contributed by atoms with Crippen LogP contribution in [0.1, 0.15) is 11.6 Å². The van der Waals surface area contributed by atoms with Crippen molar-refractivity contribution >= 4 is 0 Å². The van der Waals surface area contributed by atoms with Gasteiger partial charge in [0.05, 0.1) is 6.61 Å². The first kappa shape index (κ1) is 13.5. The van der Waals surface area contributed by atoms with E-state index >= 15 is 0 Å². The molecule has 1 aliphatic heterocycles. The van der Waals surface area contributed by atoms with Gasteiger partial charge in [-0.3, -0.25) is 0 Å². The molecule has 18 heavy (non-hydrogen) atoms. The third-order valence-corrected chi connectivity index (χ3v) is 3.63. The minimum absolute atomic E-state index is 0.00207. The molecule has 0 spiro atoms. The Labute approximate surface area is 106 Å². The van der Waals surface area contributed by atoms with Crippen molar-refractivity contribution in [2.45, 2.75) is 24.3 Å². The van der Waals surface area contributed by atoms with E-state index in [1.165, 1.54) is 0 Å². The molecule has 0 saturated carbocycles. The van der Waals surface area contributed by atoms with Gasteiger partial charge in [-0.2, -0.15) is 0 Å². The molecule has 2 rings (SSSR count). The van der Waals surface area contributed by atoms with Gasteiger partial charge in [0.2, 0.25) is 0 Å². The molecule has 1 aromatic carbocycles. The Morgan fingerprint density at radius 2 is 2.00 bits per heavy atom. The normalized spacial score (nSPS) is 29.4. The van der Waals surface area contributed by atoms with Gasteiger partial charge in [0.15, 0.2) is 6.04 Å². The van der Waals surface area contributed by atoms with Crippen LogP contribution < -0.4 is 10.6 Å². The van der Waals surface area contributed by atoms with Crippen LogP contribution >= 0.6 is 0 Å². The number of rotatable bonds is 5. The minimum atomic E-state index is -0.670. The third kappa shape index (κ3) is 3.07. The maximum Gasteiger partial charge on any atom is 0.164 e. The molecule has 1 saturated heterocycles. The highest BCUT2D eigenvalue weighted by Gasteiger charge is 2.38. The van der Waals surface area contributed by atoms with Crippen LogP contribution in [-0.4, -0.2) is 53.3 Å². The molecule has 5 nitrogen and oxygen atoms in total. The van der Waals surface area contributed by atoms with Crippen LogP contribution in [-0.2, 0) is 0 Å². The van der Waals surface area contributed by atoms with E-state index in [4.69, 9.17) is 0 Å². The number of quaternary nitrogens is 2. The fourth-order valence-corrected chi connectivity index (χ4v) is 2.45. The predicted octanol–water partition coefficient (Wildman–Crippen LogP) is -3.05. The SMILES string of the molecule is OC[C@@H]([NH2+]C[C@H]1[NH2+]C[C@H](O)[C@@H]1O)c1ccccc1. The summed E-state index contributed by atoms with van der Waals surface area (Å²) in [6.45, 7) is 1.29. The molecule has 5 heteroatoms.